The zero-order valence-corrected chi connectivity index (χ0v) is 21.9. The van der Waals surface area contributed by atoms with Crippen LogP contribution >= 0.6 is 23.2 Å². The van der Waals surface area contributed by atoms with E-state index in [9.17, 15) is 9.59 Å². The zero-order valence-electron chi connectivity index (χ0n) is 20.4. The van der Waals surface area contributed by atoms with Gasteiger partial charge in [0.25, 0.3) is 0 Å². The maximum Gasteiger partial charge on any atom is 0.229 e. The van der Waals surface area contributed by atoms with E-state index in [-0.39, 0.29) is 29.7 Å². The van der Waals surface area contributed by atoms with Crippen molar-refractivity contribution in [1.29, 1.82) is 0 Å². The van der Waals surface area contributed by atoms with Gasteiger partial charge in [0.1, 0.15) is 5.78 Å². The van der Waals surface area contributed by atoms with Gasteiger partial charge in [-0.1, -0.05) is 67.4 Å². The highest BCUT2D eigenvalue weighted by Crippen LogP contribution is 2.52. The van der Waals surface area contributed by atoms with E-state index in [1.807, 2.05) is 48.5 Å². The van der Waals surface area contributed by atoms with E-state index in [4.69, 9.17) is 23.2 Å². The third kappa shape index (κ3) is 5.93. The molecule has 1 heterocycles. The summed E-state index contributed by atoms with van der Waals surface area (Å²) in [6.45, 7) is 9.75. The third-order valence-corrected chi connectivity index (χ3v) is 7.60. The smallest absolute Gasteiger partial charge is 0.229 e. The molecule has 4 atom stereocenters. The van der Waals surface area contributed by atoms with Crippen LogP contribution in [0.4, 0.5) is 0 Å². The molecule has 2 aromatic rings. The number of hydrogen-bond acceptors (Lipinski definition) is 2. The number of rotatable bonds is 10. The molecule has 0 radical (unpaired) electrons. The molecule has 0 bridgehead atoms. The van der Waals surface area contributed by atoms with Gasteiger partial charge in [-0.15, -0.1) is 6.58 Å². The second-order valence-electron chi connectivity index (χ2n) is 9.78. The molecule has 34 heavy (non-hydrogen) atoms. The number of likely N-dealkylation sites (tertiary alicyclic amines) is 1. The number of hydrogen-bond donors (Lipinski definition) is 0. The fourth-order valence-electron chi connectivity index (χ4n) is 5.42. The average molecular weight is 501 g/mol. The van der Waals surface area contributed by atoms with E-state index in [0.29, 0.717) is 29.3 Å². The average Bonchev–Trinajstić information content (AvgIpc) is 2.79. The van der Waals surface area contributed by atoms with Gasteiger partial charge in [0.15, 0.2) is 0 Å². The SMILES string of the molecule is C=CCC1(C)CC(c2cccc(Cl)c2)C(c2ccc(Cl)cc2)N([C@@H](CC)CCCC(C)=O)C1=O. The standard InChI is InChI=1S/C29H35Cl2NO2/c1-5-17-29(4)19-26(22-10-8-11-24(31)18-22)27(21-13-15-23(30)16-14-21)32(28(29)34)25(6-2)12-7-9-20(3)33/h5,8,10-11,13-16,18,25-27H,1,6-7,9,12,17,19H2,2-4H3/t25-,26?,27?,29?/m0/s1. The van der Waals surface area contributed by atoms with E-state index in [0.717, 1.165) is 30.4 Å². The van der Waals surface area contributed by atoms with Gasteiger partial charge in [-0.05, 0) is 74.4 Å². The van der Waals surface area contributed by atoms with Crippen molar-refractivity contribution < 1.29 is 9.59 Å². The van der Waals surface area contributed by atoms with Crippen LogP contribution in [0.25, 0.3) is 0 Å². The fraction of sp³-hybridized carbons (Fsp3) is 0.448. The van der Waals surface area contributed by atoms with E-state index in [2.05, 4.69) is 31.4 Å². The minimum atomic E-state index is -0.564. The molecule has 1 aliphatic heterocycles. The predicted molar refractivity (Wildman–Crippen MR) is 141 cm³/mol. The zero-order chi connectivity index (χ0) is 24.9. The highest BCUT2D eigenvalue weighted by molar-refractivity contribution is 6.30. The lowest BCUT2D eigenvalue weighted by molar-refractivity contribution is -0.154. The van der Waals surface area contributed by atoms with Crippen LogP contribution < -0.4 is 0 Å². The summed E-state index contributed by atoms with van der Waals surface area (Å²) in [4.78, 5) is 27.9. The van der Waals surface area contributed by atoms with Crippen LogP contribution in [-0.2, 0) is 9.59 Å². The van der Waals surface area contributed by atoms with Gasteiger partial charge in [-0.3, -0.25) is 4.79 Å². The van der Waals surface area contributed by atoms with Crippen LogP contribution in [0.3, 0.4) is 0 Å². The van der Waals surface area contributed by atoms with Gasteiger partial charge in [-0.2, -0.15) is 0 Å². The maximum atomic E-state index is 14.2. The Morgan fingerprint density at radius 3 is 2.47 bits per heavy atom. The Morgan fingerprint density at radius 1 is 1.18 bits per heavy atom. The largest absolute Gasteiger partial charge is 0.332 e. The molecule has 0 spiro atoms. The highest BCUT2D eigenvalue weighted by atomic mass is 35.5. The minimum Gasteiger partial charge on any atom is -0.332 e. The lowest BCUT2D eigenvalue weighted by Gasteiger charge is -2.52. The quantitative estimate of drug-likeness (QED) is 0.309. The first-order valence-electron chi connectivity index (χ1n) is 12.1. The van der Waals surface area contributed by atoms with Crippen molar-refractivity contribution in [3.63, 3.8) is 0 Å². The Balaban J connectivity index is 2.15. The van der Waals surface area contributed by atoms with Crippen molar-refractivity contribution in [1.82, 2.24) is 4.90 Å². The molecule has 1 amide bonds. The van der Waals surface area contributed by atoms with Crippen molar-refractivity contribution in [3.05, 3.63) is 82.4 Å². The summed E-state index contributed by atoms with van der Waals surface area (Å²) in [7, 11) is 0. The second-order valence-corrected chi connectivity index (χ2v) is 10.7. The van der Waals surface area contributed by atoms with Gasteiger partial charge < -0.3 is 9.69 Å². The topological polar surface area (TPSA) is 37.4 Å². The molecule has 1 fully saturated rings. The number of carbonyl (C=O) groups is 2. The molecule has 3 rings (SSSR count). The number of Topliss-reactive ketones (excluding diaryl/α,β-unsaturated/α-hetero) is 1. The molecule has 0 aliphatic carbocycles. The first-order chi connectivity index (χ1) is 16.2. The number of amides is 1. The van der Waals surface area contributed by atoms with E-state index in [1.54, 1.807) is 6.92 Å². The van der Waals surface area contributed by atoms with Crippen molar-refractivity contribution in [2.75, 3.05) is 0 Å². The Kier molecular flexibility index (Phi) is 9.01. The Bertz CT molecular complexity index is 1020. The number of carbonyl (C=O) groups excluding carboxylic acids is 2. The van der Waals surface area contributed by atoms with Gasteiger partial charge in [0.05, 0.1) is 11.5 Å². The lowest BCUT2D eigenvalue weighted by atomic mass is 9.67. The molecule has 0 N–H and O–H groups in total. The van der Waals surface area contributed by atoms with Crippen LogP contribution in [0.2, 0.25) is 10.0 Å². The van der Waals surface area contributed by atoms with Crippen molar-refractivity contribution in [3.8, 4) is 0 Å². The summed E-state index contributed by atoms with van der Waals surface area (Å²) >= 11 is 12.6. The first kappa shape index (κ1) is 26.5. The summed E-state index contributed by atoms with van der Waals surface area (Å²) in [5, 5.41) is 1.36. The van der Waals surface area contributed by atoms with Crippen molar-refractivity contribution in [2.24, 2.45) is 5.41 Å². The molecule has 3 unspecified atom stereocenters. The normalized spacial score (nSPS) is 23.6. The van der Waals surface area contributed by atoms with Gasteiger partial charge in [0, 0.05) is 28.4 Å². The number of nitrogens with zero attached hydrogens (tertiary/aromatic N) is 1. The fourth-order valence-corrected chi connectivity index (χ4v) is 5.74. The molecule has 1 saturated heterocycles. The molecular formula is C29H35Cl2NO2. The molecule has 0 saturated carbocycles. The number of piperidine rings is 1. The van der Waals surface area contributed by atoms with Crippen LogP contribution in [0.1, 0.15) is 82.4 Å². The summed E-state index contributed by atoms with van der Waals surface area (Å²) in [6.07, 6.45) is 6.07. The van der Waals surface area contributed by atoms with E-state index in [1.165, 1.54) is 0 Å². The molecular weight excluding hydrogens is 465 g/mol. The maximum absolute atomic E-state index is 14.2. The molecule has 3 nitrogen and oxygen atoms in total. The van der Waals surface area contributed by atoms with Crippen molar-refractivity contribution in [2.45, 2.75) is 77.3 Å². The molecule has 182 valence electrons. The van der Waals surface area contributed by atoms with Gasteiger partial charge in [-0.25, -0.2) is 0 Å². The molecule has 0 aromatic heterocycles. The van der Waals surface area contributed by atoms with Crippen LogP contribution in [0, 0.1) is 5.41 Å². The number of allylic oxidation sites excluding steroid dienone is 1. The predicted octanol–water partition coefficient (Wildman–Crippen LogP) is 8.17. The minimum absolute atomic E-state index is 0.0265. The summed E-state index contributed by atoms with van der Waals surface area (Å²) in [5.74, 6) is 0.395. The second kappa shape index (κ2) is 11.6. The van der Waals surface area contributed by atoms with Crippen LogP contribution in [0.5, 0.6) is 0 Å². The Morgan fingerprint density at radius 2 is 1.88 bits per heavy atom. The number of halogens is 2. The summed E-state index contributed by atoms with van der Waals surface area (Å²) < 4.78 is 0. The van der Waals surface area contributed by atoms with Gasteiger partial charge in [0.2, 0.25) is 5.91 Å². The molecule has 5 heteroatoms. The van der Waals surface area contributed by atoms with Crippen molar-refractivity contribution >= 4 is 34.9 Å². The highest BCUT2D eigenvalue weighted by Gasteiger charge is 2.50. The molecule has 1 aliphatic rings. The third-order valence-electron chi connectivity index (χ3n) is 7.12. The Labute approximate surface area is 214 Å². The summed E-state index contributed by atoms with van der Waals surface area (Å²) in [6, 6.07) is 15.7. The lowest BCUT2D eigenvalue weighted by Crippen LogP contribution is -2.55. The van der Waals surface area contributed by atoms with Crippen LogP contribution in [0.15, 0.2) is 61.2 Å². The number of benzene rings is 2. The van der Waals surface area contributed by atoms with E-state index < -0.39 is 5.41 Å². The number of ketones is 1. The first-order valence-corrected chi connectivity index (χ1v) is 12.9. The monoisotopic (exact) mass is 499 g/mol. The molecule has 2 aromatic carbocycles. The van der Waals surface area contributed by atoms with Crippen LogP contribution in [-0.4, -0.2) is 22.6 Å². The van der Waals surface area contributed by atoms with E-state index >= 15 is 0 Å². The summed E-state index contributed by atoms with van der Waals surface area (Å²) in [5.41, 5.74) is 1.62. The van der Waals surface area contributed by atoms with Gasteiger partial charge >= 0.3 is 0 Å². The Hall–Kier alpha value is -2.10.